The third-order valence-electron chi connectivity index (χ3n) is 10.3. The quantitative estimate of drug-likeness (QED) is 0.0832. The lowest BCUT2D eigenvalue weighted by Gasteiger charge is -2.14. The van der Waals surface area contributed by atoms with Crippen LogP contribution in [0.25, 0.3) is 39.2 Å². The second kappa shape index (κ2) is 18.6. The Morgan fingerprint density at radius 3 is 1.66 bits per heavy atom. The molecule has 0 fully saturated rings. The van der Waals surface area contributed by atoms with Gasteiger partial charge < -0.3 is 0 Å². The Hall–Kier alpha value is -7.23. The van der Waals surface area contributed by atoms with Crippen LogP contribution >= 0.6 is 0 Å². The second-order valence-corrected chi connectivity index (χ2v) is 14.3. The summed E-state index contributed by atoms with van der Waals surface area (Å²) in [6.07, 6.45) is 2.10. The van der Waals surface area contributed by atoms with Crippen LogP contribution in [0, 0.1) is 6.92 Å². The lowest BCUT2D eigenvalue weighted by Crippen LogP contribution is -2.06. The molecule has 3 heteroatoms. The summed E-state index contributed by atoms with van der Waals surface area (Å²) in [7, 11) is 0. The minimum Gasteiger partial charge on any atom is -0.280 e. The summed E-state index contributed by atoms with van der Waals surface area (Å²) in [6, 6.07) is 65.1. The fourth-order valence-electron chi connectivity index (χ4n) is 7.09. The smallest absolute Gasteiger partial charge is 0.0748 e. The summed E-state index contributed by atoms with van der Waals surface area (Å²) >= 11 is 0. The fraction of sp³-hybridized carbons (Fsp3) is 0.0727. The highest BCUT2D eigenvalue weighted by atomic mass is 14.8. The van der Waals surface area contributed by atoms with Crippen LogP contribution in [0.4, 0.5) is 0 Å². The monoisotopic (exact) mass is 749 g/mol. The Morgan fingerprint density at radius 1 is 0.534 bits per heavy atom. The lowest BCUT2D eigenvalue weighted by molar-refractivity contribution is 1.06. The number of rotatable bonds is 13. The van der Waals surface area contributed by atoms with Crippen LogP contribution in [0.1, 0.15) is 52.8 Å². The lowest BCUT2D eigenvalue weighted by atomic mass is 9.96. The molecule has 0 aliphatic rings. The van der Waals surface area contributed by atoms with E-state index in [1.807, 2.05) is 42.5 Å². The van der Waals surface area contributed by atoms with Gasteiger partial charge >= 0.3 is 0 Å². The van der Waals surface area contributed by atoms with Gasteiger partial charge in [0, 0.05) is 28.0 Å². The van der Waals surface area contributed by atoms with Crippen molar-refractivity contribution in [2.75, 3.05) is 0 Å². The highest BCUT2D eigenvalue weighted by Gasteiger charge is 2.14. The van der Waals surface area contributed by atoms with Gasteiger partial charge in [-0.1, -0.05) is 183 Å². The Kier molecular flexibility index (Phi) is 12.5. The summed E-state index contributed by atoms with van der Waals surface area (Å²) < 4.78 is 0. The highest BCUT2D eigenvalue weighted by Crippen LogP contribution is 2.30. The van der Waals surface area contributed by atoms with E-state index in [9.17, 15) is 0 Å². The van der Waals surface area contributed by atoms with Crippen LogP contribution in [0.15, 0.2) is 221 Å². The van der Waals surface area contributed by atoms with E-state index in [1.54, 1.807) is 0 Å². The van der Waals surface area contributed by atoms with E-state index in [2.05, 4.69) is 191 Å². The summed E-state index contributed by atoms with van der Waals surface area (Å²) in [5, 5.41) is 0. The molecule has 7 rings (SSSR count). The molecular weight excluding hydrogens is 703 g/mol. The fourth-order valence-corrected chi connectivity index (χ4v) is 7.09. The minimum atomic E-state index is 0.509. The normalized spacial score (nSPS) is 12.5. The molecule has 0 spiro atoms. The Balaban J connectivity index is 1.21. The standard InChI is InChI=1S/C55H47N3/c1-39-19-15-16-30-52(39)55(56-5)41(3)54(47-24-13-8-14-25-47)57-38-43-31-33-44(34-32-43)42(4)58-53(51-29-18-28-50(37-51)46-22-11-7-12-23-46)35-40(2)48-26-17-27-49(36-48)45-20-9-6-10-21-45/h6-37H,2,5,38H2,1,3-4H3/b53-35-,55-41-,57-54?,58-42?. The van der Waals surface area contributed by atoms with Crippen LogP contribution in [0.5, 0.6) is 0 Å². The topological polar surface area (TPSA) is 37.1 Å². The number of benzene rings is 7. The molecule has 0 aliphatic heterocycles. The number of nitrogens with zero attached hydrogens (tertiary/aromatic N) is 3. The molecule has 0 amide bonds. The maximum atomic E-state index is 5.30. The third kappa shape index (κ3) is 9.41. The largest absolute Gasteiger partial charge is 0.280 e. The first-order chi connectivity index (χ1) is 28.4. The molecule has 0 unspecified atom stereocenters. The summed E-state index contributed by atoms with van der Waals surface area (Å²) in [4.78, 5) is 15.0. The van der Waals surface area contributed by atoms with Gasteiger partial charge in [0.15, 0.2) is 0 Å². The van der Waals surface area contributed by atoms with Gasteiger partial charge in [0.05, 0.1) is 23.7 Å². The van der Waals surface area contributed by atoms with Crippen LogP contribution < -0.4 is 0 Å². The van der Waals surface area contributed by atoms with Gasteiger partial charge in [0.25, 0.3) is 0 Å². The average Bonchev–Trinajstić information content (AvgIpc) is 3.28. The molecule has 282 valence electrons. The molecule has 7 aromatic carbocycles. The molecule has 0 bridgehead atoms. The third-order valence-corrected chi connectivity index (χ3v) is 10.3. The van der Waals surface area contributed by atoms with Crippen molar-refractivity contribution in [3.8, 4) is 22.3 Å². The second-order valence-electron chi connectivity index (χ2n) is 14.3. The molecule has 3 nitrogen and oxygen atoms in total. The van der Waals surface area contributed by atoms with Crippen LogP contribution in [-0.2, 0) is 6.54 Å². The summed E-state index contributed by atoms with van der Waals surface area (Å²) in [6.45, 7) is 15.2. The first-order valence-corrected chi connectivity index (χ1v) is 19.6. The van der Waals surface area contributed by atoms with E-state index in [-0.39, 0.29) is 0 Å². The molecule has 0 atom stereocenters. The molecule has 0 heterocycles. The predicted octanol–water partition coefficient (Wildman–Crippen LogP) is 14.0. The van der Waals surface area contributed by atoms with Crippen LogP contribution in [0.3, 0.4) is 0 Å². The molecule has 0 saturated heterocycles. The summed E-state index contributed by atoms with van der Waals surface area (Å²) in [5.41, 5.74) is 17.4. The van der Waals surface area contributed by atoms with Gasteiger partial charge in [-0.25, -0.2) is 0 Å². The van der Waals surface area contributed by atoms with Gasteiger partial charge in [-0.05, 0) is 95.8 Å². The van der Waals surface area contributed by atoms with E-state index >= 15 is 0 Å². The molecule has 0 radical (unpaired) electrons. The Labute approximate surface area is 343 Å². The predicted molar refractivity (Wildman–Crippen MR) is 249 cm³/mol. The van der Waals surface area contributed by atoms with Crippen molar-refractivity contribution in [2.45, 2.75) is 27.3 Å². The van der Waals surface area contributed by atoms with Crippen LogP contribution in [0.2, 0.25) is 0 Å². The zero-order valence-corrected chi connectivity index (χ0v) is 33.4. The van der Waals surface area contributed by atoms with E-state index in [0.717, 1.165) is 89.6 Å². The molecular formula is C55H47N3. The van der Waals surface area contributed by atoms with E-state index in [1.165, 1.54) is 5.56 Å². The number of hydrogen-bond donors (Lipinski definition) is 0. The number of aryl methyl sites for hydroxylation is 1. The van der Waals surface area contributed by atoms with Crippen molar-refractivity contribution in [1.82, 2.24) is 0 Å². The Morgan fingerprint density at radius 2 is 1.05 bits per heavy atom. The molecule has 0 aliphatic carbocycles. The SMILES string of the molecule is C=N/C(=C(/C)C(=NCc1ccc(C(C)=N/C(=C\C(=C)c2cccc(-c3ccccc3)c2)c2cccc(-c3ccccc3)c2)cc1)c1ccccc1)c1ccccc1C. The maximum absolute atomic E-state index is 5.30. The van der Waals surface area contributed by atoms with Gasteiger partial charge in [0.1, 0.15) is 0 Å². The zero-order valence-electron chi connectivity index (χ0n) is 33.4. The van der Waals surface area contributed by atoms with Crippen molar-refractivity contribution in [1.29, 1.82) is 0 Å². The molecule has 0 saturated carbocycles. The first-order valence-electron chi connectivity index (χ1n) is 19.6. The van der Waals surface area contributed by atoms with Crippen molar-refractivity contribution in [3.05, 3.63) is 245 Å². The van der Waals surface area contributed by atoms with Gasteiger partial charge in [-0.2, -0.15) is 0 Å². The number of aliphatic imine (C=N–C) groups is 3. The van der Waals surface area contributed by atoms with Gasteiger partial charge in [0.2, 0.25) is 0 Å². The average molecular weight is 750 g/mol. The minimum absolute atomic E-state index is 0.509. The Bertz CT molecular complexity index is 2660. The molecule has 7 aromatic rings. The van der Waals surface area contributed by atoms with Crippen LogP contribution in [-0.4, -0.2) is 18.1 Å². The number of allylic oxidation sites excluding steroid dienone is 3. The number of hydrogen-bond acceptors (Lipinski definition) is 3. The highest BCUT2D eigenvalue weighted by molar-refractivity contribution is 6.16. The van der Waals surface area contributed by atoms with E-state index in [4.69, 9.17) is 9.98 Å². The zero-order chi connectivity index (χ0) is 40.3. The maximum Gasteiger partial charge on any atom is 0.0748 e. The summed E-state index contributed by atoms with van der Waals surface area (Å²) in [5.74, 6) is 0. The van der Waals surface area contributed by atoms with Crippen molar-refractivity contribution >= 4 is 35.1 Å². The van der Waals surface area contributed by atoms with Crippen molar-refractivity contribution < 1.29 is 0 Å². The van der Waals surface area contributed by atoms with Gasteiger partial charge in [-0.3, -0.25) is 15.0 Å². The van der Waals surface area contributed by atoms with Crippen molar-refractivity contribution in [2.24, 2.45) is 15.0 Å². The molecule has 0 aromatic heterocycles. The van der Waals surface area contributed by atoms with Gasteiger partial charge in [-0.15, -0.1) is 0 Å². The van der Waals surface area contributed by atoms with Crippen molar-refractivity contribution in [3.63, 3.8) is 0 Å². The molecule has 58 heavy (non-hydrogen) atoms. The molecule has 0 N–H and O–H groups in total. The first kappa shape index (κ1) is 39.0. The van der Waals surface area contributed by atoms with E-state index in [0.29, 0.717) is 6.54 Å². The van der Waals surface area contributed by atoms with E-state index < -0.39 is 0 Å².